The van der Waals surface area contributed by atoms with E-state index in [1.807, 2.05) is 0 Å². The van der Waals surface area contributed by atoms with Gasteiger partial charge in [-0.3, -0.25) is 0 Å². The van der Waals surface area contributed by atoms with E-state index in [0.717, 1.165) is 0 Å². The Labute approximate surface area is 641 Å². The van der Waals surface area contributed by atoms with Crippen LogP contribution in [0.1, 0.15) is 66.8 Å². The minimum Gasteiger partial charge on any atom is -0.0624 e. The fraction of sp³-hybridized carbons (Fsp3) is 0.0286. The Kier molecular flexibility index (Phi) is 20.4. The minimum absolute atomic E-state index is 1.25. The molecule has 0 fully saturated rings. The average Bonchev–Trinajstić information content (AvgIpc) is 1.52. The molecule has 108 heavy (non-hydrogen) atoms. The molecular weight excluding hydrogens is 1350 g/mol. The molecule has 0 aromatic heterocycles. The summed E-state index contributed by atoms with van der Waals surface area (Å²) in [5.41, 5.74) is 23.7. The Morgan fingerprint density at radius 1 is 0.130 bits per heavy atom. The third-order valence-electron chi connectivity index (χ3n) is 21.8. The van der Waals surface area contributed by atoms with Gasteiger partial charge in [0, 0.05) is 0 Å². The van der Waals surface area contributed by atoms with Gasteiger partial charge in [0.25, 0.3) is 0 Å². The molecule has 0 spiro atoms. The number of rotatable bonds is 15. The molecule has 0 saturated heterocycles. The van der Waals surface area contributed by atoms with Crippen molar-refractivity contribution in [3.8, 4) is 0 Å². The number of benzene rings is 15. The normalized spacial score (nSPS) is 14.8. The molecule has 15 aromatic carbocycles. The third kappa shape index (κ3) is 13.2. The molecule has 0 bridgehead atoms. The van der Waals surface area contributed by atoms with E-state index in [-0.39, 0.29) is 0 Å². The van der Waals surface area contributed by atoms with Gasteiger partial charge < -0.3 is 0 Å². The Balaban J connectivity index is 0.000000125. The molecule has 0 N–H and O–H groups in total. The lowest BCUT2D eigenvalue weighted by molar-refractivity contribution is 1.58. The van der Waals surface area contributed by atoms with E-state index in [0.29, 0.717) is 0 Å². The van der Waals surface area contributed by atoms with Crippen LogP contribution in [0.5, 0.6) is 0 Å². The summed E-state index contributed by atoms with van der Waals surface area (Å²) in [5.74, 6) is 0. The van der Waals surface area contributed by atoms with Crippen LogP contribution in [0, 0.1) is 0 Å². The predicted octanol–water partition coefficient (Wildman–Crippen LogP) is 24.9. The van der Waals surface area contributed by atoms with Crippen LogP contribution in [0.15, 0.2) is 455 Å². The summed E-state index contributed by atoms with van der Waals surface area (Å²) in [6.07, 6.45) is 0. The second kappa shape index (κ2) is 31.6. The van der Waals surface area contributed by atoms with Gasteiger partial charge in [-0.15, -0.1) is 0 Å². The Bertz CT molecular complexity index is 5410. The van der Waals surface area contributed by atoms with E-state index in [9.17, 15) is 0 Å². The molecule has 0 amide bonds. The molecule has 516 valence electrons. The molecule has 0 atom stereocenters. The maximum Gasteiger partial charge on any atom is 0.182 e. The molecule has 18 rings (SSSR count). The zero-order valence-electron chi connectivity index (χ0n) is 61.3. The molecule has 0 radical (unpaired) electrons. The fourth-order valence-electron chi connectivity index (χ4n) is 17.4. The van der Waals surface area contributed by atoms with Gasteiger partial charge in [-0.1, -0.05) is 475 Å². The molecule has 3 heteroatoms. The van der Waals surface area contributed by atoms with Crippen LogP contribution >= 0.6 is 0 Å². The van der Waals surface area contributed by atoms with Gasteiger partial charge in [-0.25, -0.2) is 0 Å². The fourth-order valence-corrected chi connectivity index (χ4v) is 31.5. The first-order valence-corrected chi connectivity index (χ1v) is 45.2. The smallest absolute Gasteiger partial charge is 0.0624 e. The first-order chi connectivity index (χ1) is 53.3. The van der Waals surface area contributed by atoms with Crippen molar-refractivity contribution in [2.75, 3.05) is 0 Å². The van der Waals surface area contributed by atoms with E-state index in [1.165, 1.54) is 147 Å². The zero-order valence-corrected chi connectivity index (χ0v) is 64.3. The number of hydrogen-bond donors (Lipinski definition) is 0. The lowest BCUT2D eigenvalue weighted by Gasteiger charge is -2.36. The van der Waals surface area contributed by atoms with Crippen LogP contribution in [0.25, 0.3) is 64.6 Å². The van der Waals surface area contributed by atoms with Crippen molar-refractivity contribution in [2.24, 2.45) is 0 Å². The summed E-state index contributed by atoms with van der Waals surface area (Å²) in [5, 5.41) is 13.1. The molecule has 0 unspecified atom stereocenters. The van der Waals surface area contributed by atoms with E-state index in [1.54, 1.807) is 0 Å². The maximum absolute atomic E-state index is 2.86. The van der Waals surface area contributed by atoms with Crippen molar-refractivity contribution in [1.82, 2.24) is 0 Å². The van der Waals surface area contributed by atoms with Crippen molar-refractivity contribution in [2.45, 2.75) is 19.6 Å². The highest BCUT2D eigenvalue weighted by molar-refractivity contribution is 7.29. The van der Waals surface area contributed by atoms with Crippen LogP contribution in [0.3, 0.4) is 0 Å². The summed E-state index contributed by atoms with van der Waals surface area (Å²) in [6.45, 7) is 7.57. The Morgan fingerprint density at radius 3 is 0.472 bits per heavy atom. The summed E-state index contributed by atoms with van der Waals surface area (Å²) in [7, 11) is -7.31. The van der Waals surface area contributed by atoms with Crippen molar-refractivity contribution >= 4 is 104 Å². The number of allylic oxidation sites excluding steroid dienone is 6. The molecule has 0 aliphatic carbocycles. The van der Waals surface area contributed by atoms with Gasteiger partial charge in [-0.05, 0) is 147 Å². The Hall–Kier alpha value is -12.6. The maximum atomic E-state index is 2.55. The van der Waals surface area contributed by atoms with E-state index < -0.39 is 24.2 Å². The topological polar surface area (TPSA) is 0 Å². The summed E-state index contributed by atoms with van der Waals surface area (Å²) in [6, 6.07) is 166. The summed E-state index contributed by atoms with van der Waals surface area (Å²) in [4.78, 5) is 0. The predicted molar refractivity (Wildman–Crippen MR) is 471 cm³/mol. The van der Waals surface area contributed by atoms with Gasteiger partial charge in [0.05, 0.1) is 0 Å². The largest absolute Gasteiger partial charge is 0.182 e. The van der Waals surface area contributed by atoms with Crippen molar-refractivity contribution in [3.05, 3.63) is 522 Å². The first-order valence-electron chi connectivity index (χ1n) is 37.7. The van der Waals surface area contributed by atoms with Crippen LogP contribution < -0.4 is 15.6 Å². The molecule has 3 aliphatic heterocycles. The zero-order chi connectivity index (χ0) is 73.1. The molecule has 0 saturated carbocycles. The molecule has 3 aliphatic rings. The van der Waals surface area contributed by atoms with Crippen LogP contribution in [0.4, 0.5) is 0 Å². The highest BCUT2D eigenvalue weighted by atomic mass is 28.3. The van der Waals surface area contributed by atoms with Crippen LogP contribution in [-0.2, 0) is 0 Å². The van der Waals surface area contributed by atoms with E-state index in [4.69, 9.17) is 0 Å². The second-order valence-electron chi connectivity index (χ2n) is 28.5. The van der Waals surface area contributed by atoms with Crippen molar-refractivity contribution in [3.63, 3.8) is 0 Å². The molecule has 0 nitrogen and oxygen atoms in total. The third-order valence-corrected chi connectivity index (χ3v) is 34.9. The lowest BCUT2D eigenvalue weighted by Crippen LogP contribution is -2.59. The standard InChI is InChI=1S/C40H30Si.C35H28Si.C30H26Si/c1-7-19-31(20-8-1)37-38(32-21-9-2-10-22-32)40(34-25-13-4-14-26-34)41(35-27-15-5-16-28-35,36-29-17-6-18-30-36)39(37)33-23-11-3-12-24-33;1-36(31-25-15-6-16-26-31)34(29-21-11-4-12-22-29)32(27-17-7-2-8-18-27)33(28-19-9-3-10-20-28)35(36)30-23-13-5-14-24-30;1-31(2)29(25-19-11-5-12-20-25)27(23-15-7-3-8-16-23)28(24-17-9-4-10-18-24)30(31)26-21-13-6-14-22-26/h1-30H;2-26H,1H3;3-22H,1-2H3. The lowest BCUT2D eigenvalue weighted by atomic mass is 9.89. The highest BCUT2D eigenvalue weighted by Crippen LogP contribution is 2.59. The molecular formula is C105H84Si3. The van der Waals surface area contributed by atoms with Crippen molar-refractivity contribution in [1.29, 1.82) is 0 Å². The average molecular weight is 1430 g/mol. The number of hydrogen-bond acceptors (Lipinski definition) is 0. The second-order valence-corrected chi connectivity index (χ2v) is 40.2. The molecule has 15 aromatic rings. The van der Waals surface area contributed by atoms with Gasteiger partial charge >= 0.3 is 0 Å². The van der Waals surface area contributed by atoms with E-state index >= 15 is 0 Å². The van der Waals surface area contributed by atoms with Gasteiger partial charge in [-0.2, -0.15) is 0 Å². The van der Waals surface area contributed by atoms with Gasteiger partial charge in [0.2, 0.25) is 0 Å². The quantitative estimate of drug-likeness (QED) is 0.0898. The highest BCUT2D eigenvalue weighted by Gasteiger charge is 2.54. The molecule has 3 heterocycles. The van der Waals surface area contributed by atoms with E-state index in [2.05, 4.69) is 475 Å². The SMILES string of the molecule is C[Si]1(C)C(c2ccccc2)=C(c2ccccc2)C(c2ccccc2)=C1c1ccccc1.C[Si]1(c2ccccc2)C(c2ccccc2)=C(c2ccccc2)C(c2ccccc2)=C1c1ccccc1.c1ccc(C2=C(c3ccccc3)[Si](c3ccccc3)(c3ccccc3)C(c3ccccc3)=C2c2ccccc2)cc1. The summed E-state index contributed by atoms with van der Waals surface area (Å²) < 4.78 is 0. The minimum atomic E-state index is -2.86. The van der Waals surface area contributed by atoms with Gasteiger partial charge in [0.1, 0.15) is 16.1 Å². The van der Waals surface area contributed by atoms with Crippen molar-refractivity contribution < 1.29 is 0 Å². The van der Waals surface area contributed by atoms with Crippen LogP contribution in [0.2, 0.25) is 19.6 Å². The Morgan fingerprint density at radius 2 is 0.269 bits per heavy atom. The monoisotopic (exact) mass is 1430 g/mol. The van der Waals surface area contributed by atoms with Gasteiger partial charge in [0.15, 0.2) is 8.07 Å². The summed E-state index contributed by atoms with van der Waals surface area (Å²) >= 11 is 0. The first kappa shape index (κ1) is 69.7. The van der Waals surface area contributed by atoms with Crippen LogP contribution in [-0.4, -0.2) is 24.2 Å².